The smallest absolute Gasteiger partial charge is 0.330 e. The van der Waals surface area contributed by atoms with Crippen molar-refractivity contribution in [2.45, 2.75) is 70.4 Å². The highest BCUT2D eigenvalue weighted by Crippen LogP contribution is 2.33. The standard InChI is InChI=1S/C14H25Br3O2Si/c1-3-14(18)19-13(2)11-9-7-5-4-6-8-10-12-20(15,16)17/h3,13H,1,4-12H2,2H3. The predicted molar refractivity (Wildman–Crippen MR) is 100 cm³/mol. The maximum Gasteiger partial charge on any atom is 0.330 e. The summed E-state index contributed by atoms with van der Waals surface area (Å²) < 4.78 is 3.75. The lowest BCUT2D eigenvalue weighted by Gasteiger charge is -2.11. The van der Waals surface area contributed by atoms with Crippen LogP contribution in [0.4, 0.5) is 0 Å². The van der Waals surface area contributed by atoms with E-state index in [1.165, 1.54) is 50.6 Å². The van der Waals surface area contributed by atoms with Gasteiger partial charge in [-0.25, -0.2) is 4.79 Å². The van der Waals surface area contributed by atoms with Crippen molar-refractivity contribution in [3.05, 3.63) is 12.7 Å². The number of carbonyl (C=O) groups excluding carboxylic acids is 1. The average Bonchev–Trinajstić information content (AvgIpc) is 2.35. The summed E-state index contributed by atoms with van der Waals surface area (Å²) in [5, 5.41) is 0. The van der Waals surface area contributed by atoms with E-state index in [9.17, 15) is 4.79 Å². The highest BCUT2D eigenvalue weighted by atomic mass is 80.0. The molecule has 0 spiro atoms. The zero-order valence-corrected chi connectivity index (χ0v) is 17.9. The molecule has 0 aliphatic carbocycles. The van der Waals surface area contributed by atoms with E-state index in [0.29, 0.717) is 0 Å². The lowest BCUT2D eigenvalue weighted by Crippen LogP contribution is -2.12. The number of unbranched alkanes of at least 4 members (excludes halogenated alkanes) is 6. The Morgan fingerprint density at radius 1 is 1.10 bits per heavy atom. The van der Waals surface area contributed by atoms with Gasteiger partial charge in [0, 0.05) is 6.08 Å². The fourth-order valence-electron chi connectivity index (χ4n) is 1.95. The van der Waals surface area contributed by atoms with Crippen LogP contribution in [0.3, 0.4) is 0 Å². The van der Waals surface area contributed by atoms with Crippen LogP contribution in [0.2, 0.25) is 6.04 Å². The van der Waals surface area contributed by atoms with Crippen molar-refractivity contribution in [2.75, 3.05) is 0 Å². The minimum absolute atomic E-state index is 0.00960. The minimum Gasteiger partial charge on any atom is -0.460 e. The molecule has 1 atom stereocenters. The first-order valence-corrected chi connectivity index (χ1v) is 16.2. The number of esters is 1. The van der Waals surface area contributed by atoms with E-state index < -0.39 is 3.93 Å². The third kappa shape index (κ3) is 15.3. The van der Waals surface area contributed by atoms with E-state index in [2.05, 4.69) is 52.5 Å². The molecule has 0 aromatic heterocycles. The highest BCUT2D eigenvalue weighted by Gasteiger charge is 2.20. The van der Waals surface area contributed by atoms with Crippen LogP contribution in [0.25, 0.3) is 0 Å². The number of rotatable bonds is 12. The van der Waals surface area contributed by atoms with Gasteiger partial charge in [-0.1, -0.05) is 91.0 Å². The lowest BCUT2D eigenvalue weighted by atomic mass is 10.1. The Morgan fingerprint density at radius 3 is 2.10 bits per heavy atom. The third-order valence-corrected chi connectivity index (χ3v) is 7.54. The molecule has 0 amide bonds. The number of carbonyl (C=O) groups is 1. The molecule has 2 nitrogen and oxygen atoms in total. The zero-order chi connectivity index (χ0) is 15.4. The first-order chi connectivity index (χ1) is 9.35. The van der Waals surface area contributed by atoms with Gasteiger partial charge >= 0.3 is 5.97 Å². The highest BCUT2D eigenvalue weighted by molar-refractivity contribution is 9.72. The van der Waals surface area contributed by atoms with Gasteiger partial charge in [0.25, 0.3) is 3.93 Å². The predicted octanol–water partition coefficient (Wildman–Crippen LogP) is 6.35. The number of halogens is 3. The van der Waals surface area contributed by atoms with Gasteiger partial charge < -0.3 is 4.74 Å². The van der Waals surface area contributed by atoms with E-state index in [1.807, 2.05) is 6.92 Å². The van der Waals surface area contributed by atoms with Crippen molar-refractivity contribution in [2.24, 2.45) is 0 Å². The molecule has 0 aromatic rings. The molecule has 118 valence electrons. The molecule has 0 heterocycles. The van der Waals surface area contributed by atoms with Crippen molar-refractivity contribution in [1.29, 1.82) is 0 Å². The summed E-state index contributed by atoms with van der Waals surface area (Å²) in [5.41, 5.74) is 0. The van der Waals surface area contributed by atoms with Crippen molar-refractivity contribution in [3.8, 4) is 0 Å². The Hall–Kier alpha value is 0.867. The Bertz CT molecular complexity index is 280. The first kappa shape index (κ1) is 20.9. The summed E-state index contributed by atoms with van der Waals surface area (Å²) in [4.78, 5) is 11.0. The number of hydrogen-bond donors (Lipinski definition) is 0. The van der Waals surface area contributed by atoms with Gasteiger partial charge in [-0.05, 0) is 25.8 Å². The molecule has 6 heteroatoms. The summed E-state index contributed by atoms with van der Waals surface area (Å²) in [5.74, 6) is -0.317. The van der Waals surface area contributed by atoms with E-state index in [4.69, 9.17) is 4.74 Å². The fraction of sp³-hybridized carbons (Fsp3) is 0.786. The van der Waals surface area contributed by atoms with Crippen molar-refractivity contribution < 1.29 is 9.53 Å². The normalized spacial score (nSPS) is 13.0. The Morgan fingerprint density at radius 2 is 1.60 bits per heavy atom. The molecule has 0 aliphatic heterocycles. The van der Waals surface area contributed by atoms with Crippen LogP contribution in [0.15, 0.2) is 12.7 Å². The Labute approximate surface area is 147 Å². The maximum absolute atomic E-state index is 11.0. The number of hydrogen-bond acceptors (Lipinski definition) is 2. The molecule has 0 rings (SSSR count). The second-order valence-electron chi connectivity index (χ2n) is 5.08. The Kier molecular flexibility index (Phi) is 13.0. The monoisotopic (exact) mass is 490 g/mol. The van der Waals surface area contributed by atoms with Gasteiger partial charge in [-0.3, -0.25) is 0 Å². The molecule has 0 saturated carbocycles. The molecular formula is C14H25Br3O2Si. The minimum atomic E-state index is -1.38. The lowest BCUT2D eigenvalue weighted by molar-refractivity contribution is -0.142. The molecule has 1 unspecified atom stereocenters. The second-order valence-corrected chi connectivity index (χ2v) is 28.6. The summed E-state index contributed by atoms with van der Waals surface area (Å²) >= 11 is 10.9. The van der Waals surface area contributed by atoms with Crippen molar-refractivity contribution in [1.82, 2.24) is 0 Å². The van der Waals surface area contributed by atoms with Crippen LogP contribution < -0.4 is 0 Å². The van der Waals surface area contributed by atoms with Crippen LogP contribution in [0.5, 0.6) is 0 Å². The van der Waals surface area contributed by atoms with E-state index >= 15 is 0 Å². The SMILES string of the molecule is C=CC(=O)OC(C)CCCCCCCCC[Si](Br)(Br)Br. The molecule has 20 heavy (non-hydrogen) atoms. The third-order valence-electron chi connectivity index (χ3n) is 3.05. The summed E-state index contributed by atoms with van der Waals surface area (Å²) in [6.07, 6.45) is 11.0. The Balaban J connectivity index is 3.28. The molecule has 0 fully saturated rings. The van der Waals surface area contributed by atoms with Crippen LogP contribution in [-0.2, 0) is 9.53 Å². The molecule has 0 bridgehead atoms. The van der Waals surface area contributed by atoms with Crippen LogP contribution in [-0.4, -0.2) is 16.0 Å². The molecule has 0 N–H and O–H groups in total. The molecular weight excluding hydrogens is 468 g/mol. The summed E-state index contributed by atoms with van der Waals surface area (Å²) in [6, 6.07) is 1.22. The molecule has 0 radical (unpaired) electrons. The quantitative estimate of drug-likeness (QED) is 0.104. The second kappa shape index (κ2) is 12.4. The van der Waals surface area contributed by atoms with Gasteiger partial charge in [0.05, 0.1) is 6.10 Å². The van der Waals surface area contributed by atoms with Gasteiger partial charge in [0.15, 0.2) is 0 Å². The fourth-order valence-corrected chi connectivity index (χ4v) is 5.12. The van der Waals surface area contributed by atoms with E-state index in [0.717, 1.165) is 12.8 Å². The summed E-state index contributed by atoms with van der Waals surface area (Å²) in [6.45, 7) is 5.34. The van der Waals surface area contributed by atoms with Gasteiger partial charge in [0.1, 0.15) is 0 Å². The largest absolute Gasteiger partial charge is 0.460 e. The van der Waals surface area contributed by atoms with Crippen molar-refractivity contribution >= 4 is 55.8 Å². The topological polar surface area (TPSA) is 26.3 Å². The van der Waals surface area contributed by atoms with Gasteiger partial charge in [-0.2, -0.15) is 0 Å². The van der Waals surface area contributed by atoms with E-state index in [-0.39, 0.29) is 12.1 Å². The summed E-state index contributed by atoms with van der Waals surface area (Å²) in [7, 11) is 0. The molecule has 0 aliphatic rings. The number of ether oxygens (including phenoxy) is 1. The maximum atomic E-state index is 11.0. The van der Waals surface area contributed by atoms with Crippen LogP contribution >= 0.6 is 45.9 Å². The van der Waals surface area contributed by atoms with Gasteiger partial charge in [0.2, 0.25) is 0 Å². The van der Waals surface area contributed by atoms with Crippen molar-refractivity contribution in [3.63, 3.8) is 0 Å². The first-order valence-electron chi connectivity index (χ1n) is 7.25. The van der Waals surface area contributed by atoms with Crippen LogP contribution in [0, 0.1) is 0 Å². The zero-order valence-electron chi connectivity index (χ0n) is 12.2. The van der Waals surface area contributed by atoms with Crippen LogP contribution in [0.1, 0.15) is 58.3 Å². The molecule has 0 aromatic carbocycles. The van der Waals surface area contributed by atoms with Gasteiger partial charge in [-0.15, -0.1) is 0 Å². The van der Waals surface area contributed by atoms with E-state index in [1.54, 1.807) is 0 Å². The average molecular weight is 493 g/mol. The molecule has 0 saturated heterocycles.